The molecule has 0 heteroatoms. The van der Waals surface area contributed by atoms with Crippen molar-refractivity contribution in [3.05, 3.63) is 41.5 Å². The highest BCUT2D eigenvalue weighted by molar-refractivity contribution is 5.64. The fraction of sp³-hybridized carbons (Fsp3) is 0.385. The molecule has 1 aromatic carbocycles. The fourth-order valence-corrected chi connectivity index (χ4v) is 1.65. The summed E-state index contributed by atoms with van der Waals surface area (Å²) in [6, 6.07) is 6.66. The molecule has 0 bridgehead atoms. The monoisotopic (exact) mass is 174 g/mol. The Kier molecular flexibility index (Phi) is 3.30. The molecule has 70 valence electrons. The zero-order chi connectivity index (χ0) is 9.84. The first-order valence-electron chi connectivity index (χ1n) is 4.90. The first kappa shape index (κ1) is 10.0. The third-order valence-corrected chi connectivity index (χ3v) is 2.29. The van der Waals surface area contributed by atoms with E-state index in [1.165, 1.54) is 29.5 Å². The summed E-state index contributed by atoms with van der Waals surface area (Å²) in [5.41, 5.74) is 5.23. The van der Waals surface area contributed by atoms with Crippen molar-refractivity contribution in [1.29, 1.82) is 0 Å². The lowest BCUT2D eigenvalue weighted by Gasteiger charge is -2.07. The molecule has 0 N–H and O–H groups in total. The van der Waals surface area contributed by atoms with E-state index in [0.29, 0.717) is 0 Å². The Balaban J connectivity index is 2.98. The van der Waals surface area contributed by atoms with Gasteiger partial charge in [-0.15, -0.1) is 0 Å². The van der Waals surface area contributed by atoms with Gasteiger partial charge in [-0.3, -0.25) is 0 Å². The van der Waals surface area contributed by atoms with E-state index in [4.69, 9.17) is 0 Å². The summed E-state index contributed by atoms with van der Waals surface area (Å²) in [5.74, 6) is 0. The van der Waals surface area contributed by atoms with E-state index in [9.17, 15) is 0 Å². The molecule has 0 radical (unpaired) electrons. The lowest BCUT2D eigenvalue weighted by Crippen LogP contribution is -1.89. The topological polar surface area (TPSA) is 0 Å². The molecule has 0 amide bonds. The molecule has 0 nitrogen and oxygen atoms in total. The van der Waals surface area contributed by atoms with Gasteiger partial charge in [0.05, 0.1) is 0 Å². The molecular formula is C13H18. The SMILES string of the molecule is C=C(C)c1ccc(CCC)cc1C. The van der Waals surface area contributed by atoms with Crippen LogP contribution in [0.1, 0.15) is 37.0 Å². The second kappa shape index (κ2) is 4.27. The minimum absolute atomic E-state index is 1.15. The van der Waals surface area contributed by atoms with Gasteiger partial charge in [-0.2, -0.15) is 0 Å². The number of benzene rings is 1. The molecule has 0 aliphatic carbocycles. The maximum absolute atomic E-state index is 3.96. The van der Waals surface area contributed by atoms with Gasteiger partial charge in [-0.25, -0.2) is 0 Å². The smallest absolute Gasteiger partial charge is 0.0204 e. The summed E-state index contributed by atoms with van der Waals surface area (Å²) in [4.78, 5) is 0. The van der Waals surface area contributed by atoms with Crippen LogP contribution in [0.25, 0.3) is 5.57 Å². The second-order valence-corrected chi connectivity index (χ2v) is 3.68. The predicted molar refractivity (Wildman–Crippen MR) is 59.9 cm³/mol. The van der Waals surface area contributed by atoms with Crippen LogP contribution >= 0.6 is 0 Å². The van der Waals surface area contributed by atoms with Crippen LogP contribution in [0.5, 0.6) is 0 Å². The first-order chi connectivity index (χ1) is 6.15. The summed E-state index contributed by atoms with van der Waals surface area (Å²) in [6.45, 7) is 10.4. The summed E-state index contributed by atoms with van der Waals surface area (Å²) < 4.78 is 0. The molecular weight excluding hydrogens is 156 g/mol. The van der Waals surface area contributed by atoms with Crippen LogP contribution in [0.3, 0.4) is 0 Å². The van der Waals surface area contributed by atoms with E-state index in [1.54, 1.807) is 0 Å². The second-order valence-electron chi connectivity index (χ2n) is 3.68. The van der Waals surface area contributed by atoms with Crippen LogP contribution < -0.4 is 0 Å². The van der Waals surface area contributed by atoms with Gasteiger partial charge >= 0.3 is 0 Å². The minimum Gasteiger partial charge on any atom is -0.0955 e. The predicted octanol–water partition coefficient (Wildman–Crippen LogP) is 3.98. The average Bonchev–Trinajstić information content (AvgIpc) is 2.04. The van der Waals surface area contributed by atoms with Gasteiger partial charge in [0.15, 0.2) is 0 Å². The normalized spacial score (nSPS) is 10.1. The largest absolute Gasteiger partial charge is 0.0955 e. The number of rotatable bonds is 3. The first-order valence-corrected chi connectivity index (χ1v) is 4.90. The zero-order valence-corrected chi connectivity index (χ0v) is 8.85. The maximum Gasteiger partial charge on any atom is -0.0204 e. The van der Waals surface area contributed by atoms with Crippen molar-refractivity contribution in [3.8, 4) is 0 Å². The van der Waals surface area contributed by atoms with Gasteiger partial charge in [0.25, 0.3) is 0 Å². The van der Waals surface area contributed by atoms with Crippen molar-refractivity contribution in [2.75, 3.05) is 0 Å². The summed E-state index contributed by atoms with van der Waals surface area (Å²) in [5, 5.41) is 0. The summed E-state index contributed by atoms with van der Waals surface area (Å²) in [6.07, 6.45) is 2.39. The fourth-order valence-electron chi connectivity index (χ4n) is 1.65. The van der Waals surface area contributed by atoms with Crippen LogP contribution in [0.15, 0.2) is 24.8 Å². The van der Waals surface area contributed by atoms with Crippen LogP contribution in [0.2, 0.25) is 0 Å². The average molecular weight is 174 g/mol. The van der Waals surface area contributed by atoms with E-state index in [-0.39, 0.29) is 0 Å². The Hall–Kier alpha value is -1.04. The van der Waals surface area contributed by atoms with E-state index in [1.807, 2.05) is 0 Å². The Morgan fingerprint density at radius 1 is 1.38 bits per heavy atom. The number of hydrogen-bond acceptors (Lipinski definition) is 0. The molecule has 1 aromatic rings. The standard InChI is InChI=1S/C13H18/c1-5-6-12-7-8-13(10(2)3)11(4)9-12/h7-9H,2,5-6H2,1,3-4H3. The van der Waals surface area contributed by atoms with Crippen LogP contribution in [-0.4, -0.2) is 0 Å². The van der Waals surface area contributed by atoms with E-state index in [0.717, 1.165) is 5.57 Å². The van der Waals surface area contributed by atoms with E-state index >= 15 is 0 Å². The molecule has 0 aromatic heterocycles. The van der Waals surface area contributed by atoms with Gasteiger partial charge in [-0.1, -0.05) is 43.7 Å². The van der Waals surface area contributed by atoms with Gasteiger partial charge < -0.3 is 0 Å². The van der Waals surface area contributed by atoms with Crippen LogP contribution in [0, 0.1) is 6.92 Å². The lowest BCUT2D eigenvalue weighted by molar-refractivity contribution is 0.920. The van der Waals surface area contributed by atoms with Crippen LogP contribution in [0.4, 0.5) is 0 Å². The Morgan fingerprint density at radius 2 is 2.08 bits per heavy atom. The highest BCUT2D eigenvalue weighted by Gasteiger charge is 1.99. The lowest BCUT2D eigenvalue weighted by atomic mass is 9.99. The quantitative estimate of drug-likeness (QED) is 0.650. The van der Waals surface area contributed by atoms with Crippen molar-refractivity contribution in [3.63, 3.8) is 0 Å². The molecule has 13 heavy (non-hydrogen) atoms. The molecule has 0 unspecified atom stereocenters. The number of hydrogen-bond donors (Lipinski definition) is 0. The van der Waals surface area contributed by atoms with Gasteiger partial charge in [0, 0.05) is 0 Å². The van der Waals surface area contributed by atoms with Crippen molar-refractivity contribution in [2.45, 2.75) is 33.6 Å². The Labute approximate surface area is 81.3 Å². The molecule has 0 saturated carbocycles. The zero-order valence-electron chi connectivity index (χ0n) is 8.85. The number of aryl methyl sites for hydroxylation is 2. The van der Waals surface area contributed by atoms with Crippen molar-refractivity contribution >= 4 is 5.57 Å². The summed E-state index contributed by atoms with van der Waals surface area (Å²) >= 11 is 0. The molecule has 0 spiro atoms. The summed E-state index contributed by atoms with van der Waals surface area (Å²) in [7, 11) is 0. The van der Waals surface area contributed by atoms with E-state index < -0.39 is 0 Å². The minimum atomic E-state index is 1.15. The number of allylic oxidation sites excluding steroid dienone is 1. The van der Waals surface area contributed by atoms with Crippen LogP contribution in [-0.2, 0) is 6.42 Å². The van der Waals surface area contributed by atoms with E-state index in [2.05, 4.69) is 45.5 Å². The third-order valence-electron chi connectivity index (χ3n) is 2.29. The Morgan fingerprint density at radius 3 is 2.54 bits per heavy atom. The third kappa shape index (κ3) is 2.45. The Bertz CT molecular complexity index is 308. The van der Waals surface area contributed by atoms with Gasteiger partial charge in [-0.05, 0) is 37.0 Å². The molecule has 0 saturated heterocycles. The maximum atomic E-state index is 3.96. The highest BCUT2D eigenvalue weighted by Crippen LogP contribution is 2.18. The molecule has 0 fully saturated rings. The highest BCUT2D eigenvalue weighted by atomic mass is 14.0. The van der Waals surface area contributed by atoms with Crippen molar-refractivity contribution < 1.29 is 0 Å². The molecule has 0 heterocycles. The van der Waals surface area contributed by atoms with Gasteiger partial charge in [0.1, 0.15) is 0 Å². The molecule has 1 rings (SSSR count). The molecule has 0 aliphatic rings. The van der Waals surface area contributed by atoms with Crippen molar-refractivity contribution in [1.82, 2.24) is 0 Å². The molecule has 0 aliphatic heterocycles. The van der Waals surface area contributed by atoms with Crippen molar-refractivity contribution in [2.24, 2.45) is 0 Å². The van der Waals surface area contributed by atoms with Gasteiger partial charge in [0.2, 0.25) is 0 Å². The molecule has 0 atom stereocenters.